The summed E-state index contributed by atoms with van der Waals surface area (Å²) in [5, 5.41) is 13.4. The molecule has 1 saturated heterocycles. The van der Waals surface area contributed by atoms with Gasteiger partial charge in [0.2, 0.25) is 0 Å². The van der Waals surface area contributed by atoms with Crippen LogP contribution in [0.2, 0.25) is 0 Å². The van der Waals surface area contributed by atoms with E-state index in [1.54, 1.807) is 6.07 Å². The van der Waals surface area contributed by atoms with Gasteiger partial charge in [-0.2, -0.15) is 0 Å². The number of rotatable bonds is 5. The van der Waals surface area contributed by atoms with Crippen LogP contribution in [0.25, 0.3) is 10.9 Å². The van der Waals surface area contributed by atoms with E-state index in [9.17, 15) is 14.7 Å². The summed E-state index contributed by atoms with van der Waals surface area (Å²) in [7, 11) is 0. The van der Waals surface area contributed by atoms with Crippen molar-refractivity contribution in [2.75, 3.05) is 19.8 Å². The number of amides is 1. The molecule has 25 heavy (non-hydrogen) atoms. The molecule has 1 aliphatic rings. The molecule has 0 saturated carbocycles. The standard InChI is InChI=1S/C19H24N2O4/c1-11-12(2)21-17-14(11)4-3-5-15(17)18(22)20-10-16(19(23)24)13-6-8-25-9-7-13/h3-5,13,16,21H,6-10H2,1-2H3,(H,20,22)(H,23,24). The van der Waals surface area contributed by atoms with Gasteiger partial charge in [-0.3, -0.25) is 9.59 Å². The summed E-state index contributed by atoms with van der Waals surface area (Å²) in [5.74, 6) is -1.65. The molecule has 3 rings (SSSR count). The van der Waals surface area contributed by atoms with E-state index in [1.807, 2.05) is 26.0 Å². The molecule has 2 heterocycles. The first-order valence-corrected chi connectivity index (χ1v) is 8.65. The summed E-state index contributed by atoms with van der Waals surface area (Å²) in [5.41, 5.74) is 3.49. The number of carboxylic acid groups (broad SMARTS) is 1. The van der Waals surface area contributed by atoms with Crippen LogP contribution in [0.5, 0.6) is 0 Å². The Morgan fingerprint density at radius 1 is 1.32 bits per heavy atom. The zero-order chi connectivity index (χ0) is 18.0. The molecular weight excluding hydrogens is 320 g/mol. The Bertz CT molecular complexity index is 790. The third-order valence-electron chi connectivity index (χ3n) is 5.22. The number of carbonyl (C=O) groups excluding carboxylic acids is 1. The highest BCUT2D eigenvalue weighted by Crippen LogP contribution is 2.26. The Labute approximate surface area is 146 Å². The number of nitrogens with one attached hydrogen (secondary N) is 2. The quantitative estimate of drug-likeness (QED) is 0.777. The lowest BCUT2D eigenvalue weighted by molar-refractivity contribution is -0.144. The van der Waals surface area contributed by atoms with Crippen LogP contribution >= 0.6 is 0 Å². The van der Waals surface area contributed by atoms with Crippen molar-refractivity contribution in [1.29, 1.82) is 0 Å². The number of fused-ring (bicyclic) bond motifs is 1. The molecule has 2 aromatic rings. The predicted octanol–water partition coefficient (Wildman–Crippen LogP) is 2.64. The number of ether oxygens (including phenoxy) is 1. The van der Waals surface area contributed by atoms with Crippen molar-refractivity contribution in [2.45, 2.75) is 26.7 Å². The van der Waals surface area contributed by atoms with Gasteiger partial charge < -0.3 is 20.1 Å². The van der Waals surface area contributed by atoms with E-state index in [1.165, 1.54) is 0 Å². The maximum Gasteiger partial charge on any atom is 0.308 e. The number of benzene rings is 1. The van der Waals surface area contributed by atoms with Crippen molar-refractivity contribution in [3.05, 3.63) is 35.0 Å². The second-order valence-electron chi connectivity index (χ2n) is 6.71. The van der Waals surface area contributed by atoms with Gasteiger partial charge in [0.1, 0.15) is 0 Å². The van der Waals surface area contributed by atoms with Crippen LogP contribution in [0, 0.1) is 25.7 Å². The molecule has 1 aromatic carbocycles. The fourth-order valence-electron chi connectivity index (χ4n) is 3.54. The zero-order valence-electron chi connectivity index (χ0n) is 14.6. The van der Waals surface area contributed by atoms with E-state index in [4.69, 9.17) is 4.74 Å². The monoisotopic (exact) mass is 344 g/mol. The summed E-state index contributed by atoms with van der Waals surface area (Å²) >= 11 is 0. The highest BCUT2D eigenvalue weighted by molar-refractivity contribution is 6.06. The second kappa shape index (κ2) is 7.27. The first-order valence-electron chi connectivity index (χ1n) is 8.65. The Balaban J connectivity index is 1.75. The zero-order valence-corrected chi connectivity index (χ0v) is 14.6. The molecule has 6 heteroatoms. The molecule has 134 valence electrons. The predicted molar refractivity (Wildman–Crippen MR) is 94.8 cm³/mol. The van der Waals surface area contributed by atoms with Gasteiger partial charge in [0.25, 0.3) is 5.91 Å². The lowest BCUT2D eigenvalue weighted by Crippen LogP contribution is -2.39. The Hall–Kier alpha value is -2.34. The number of carbonyl (C=O) groups is 2. The first-order chi connectivity index (χ1) is 12.0. The normalized spacial score (nSPS) is 16.7. The average Bonchev–Trinajstić information content (AvgIpc) is 2.90. The van der Waals surface area contributed by atoms with Crippen molar-refractivity contribution >= 4 is 22.8 Å². The molecule has 1 aromatic heterocycles. The third kappa shape index (κ3) is 3.54. The van der Waals surface area contributed by atoms with Gasteiger partial charge in [-0.25, -0.2) is 0 Å². The molecule has 3 N–H and O–H groups in total. The molecule has 1 fully saturated rings. The number of H-pyrrole nitrogens is 1. The second-order valence-corrected chi connectivity index (χ2v) is 6.71. The van der Waals surface area contributed by atoms with Crippen LogP contribution in [-0.2, 0) is 9.53 Å². The van der Waals surface area contributed by atoms with Crippen molar-refractivity contribution in [3.8, 4) is 0 Å². The minimum absolute atomic E-state index is 0.0392. The number of hydrogen-bond acceptors (Lipinski definition) is 3. The van der Waals surface area contributed by atoms with Crippen LogP contribution in [-0.4, -0.2) is 41.7 Å². The molecule has 0 bridgehead atoms. The number of aromatic amines is 1. The van der Waals surface area contributed by atoms with E-state index in [0.717, 1.165) is 35.0 Å². The summed E-state index contributed by atoms with van der Waals surface area (Å²) in [6.45, 7) is 5.30. The summed E-state index contributed by atoms with van der Waals surface area (Å²) < 4.78 is 5.30. The minimum atomic E-state index is -0.864. The maximum atomic E-state index is 12.6. The van der Waals surface area contributed by atoms with Crippen molar-refractivity contribution < 1.29 is 19.4 Å². The Kier molecular flexibility index (Phi) is 5.08. The molecule has 0 spiro atoms. The summed E-state index contributed by atoms with van der Waals surface area (Å²) in [6.07, 6.45) is 1.44. The van der Waals surface area contributed by atoms with Crippen LogP contribution in [0.1, 0.15) is 34.5 Å². The Morgan fingerprint density at radius 3 is 2.72 bits per heavy atom. The Morgan fingerprint density at radius 2 is 2.04 bits per heavy atom. The number of carboxylic acids is 1. The van der Waals surface area contributed by atoms with Gasteiger partial charge in [0, 0.05) is 30.8 Å². The number of hydrogen-bond donors (Lipinski definition) is 3. The van der Waals surface area contributed by atoms with Crippen LogP contribution in [0.4, 0.5) is 0 Å². The topological polar surface area (TPSA) is 91.4 Å². The fourth-order valence-corrected chi connectivity index (χ4v) is 3.54. The highest BCUT2D eigenvalue weighted by Gasteiger charge is 2.30. The van der Waals surface area contributed by atoms with E-state index in [0.29, 0.717) is 18.8 Å². The van der Waals surface area contributed by atoms with Gasteiger partial charge >= 0.3 is 5.97 Å². The van der Waals surface area contributed by atoms with E-state index < -0.39 is 11.9 Å². The van der Waals surface area contributed by atoms with Crippen molar-refractivity contribution in [1.82, 2.24) is 10.3 Å². The van der Waals surface area contributed by atoms with Gasteiger partial charge in [-0.15, -0.1) is 0 Å². The van der Waals surface area contributed by atoms with E-state index in [-0.39, 0.29) is 18.4 Å². The maximum absolute atomic E-state index is 12.6. The largest absolute Gasteiger partial charge is 0.481 e. The molecule has 1 amide bonds. The number of aromatic nitrogens is 1. The molecule has 0 aliphatic carbocycles. The van der Waals surface area contributed by atoms with Crippen molar-refractivity contribution in [2.24, 2.45) is 11.8 Å². The minimum Gasteiger partial charge on any atom is -0.481 e. The lowest BCUT2D eigenvalue weighted by atomic mass is 9.86. The van der Waals surface area contributed by atoms with Gasteiger partial charge in [0.05, 0.1) is 17.0 Å². The molecule has 1 atom stereocenters. The molecular formula is C19H24N2O4. The van der Waals surface area contributed by atoms with Crippen LogP contribution in [0.3, 0.4) is 0 Å². The van der Waals surface area contributed by atoms with E-state index >= 15 is 0 Å². The number of aliphatic carboxylic acids is 1. The molecule has 1 unspecified atom stereocenters. The third-order valence-corrected chi connectivity index (χ3v) is 5.22. The fraction of sp³-hybridized carbons (Fsp3) is 0.474. The smallest absolute Gasteiger partial charge is 0.308 e. The lowest BCUT2D eigenvalue weighted by Gasteiger charge is -2.27. The van der Waals surface area contributed by atoms with Gasteiger partial charge in [-0.05, 0) is 44.2 Å². The SMILES string of the molecule is Cc1[nH]c2c(C(=O)NCC(C(=O)O)C3CCOCC3)cccc2c1C. The van der Waals surface area contributed by atoms with Crippen molar-refractivity contribution in [3.63, 3.8) is 0 Å². The van der Waals surface area contributed by atoms with E-state index in [2.05, 4.69) is 10.3 Å². The highest BCUT2D eigenvalue weighted by atomic mass is 16.5. The average molecular weight is 344 g/mol. The number of para-hydroxylation sites is 1. The first kappa shape index (κ1) is 17.5. The molecule has 0 radical (unpaired) electrons. The molecule has 1 aliphatic heterocycles. The van der Waals surface area contributed by atoms with Crippen LogP contribution in [0.15, 0.2) is 18.2 Å². The van der Waals surface area contributed by atoms with Crippen LogP contribution < -0.4 is 5.32 Å². The summed E-state index contributed by atoms with van der Waals surface area (Å²) in [4.78, 5) is 27.5. The van der Waals surface area contributed by atoms with Gasteiger partial charge in [0.15, 0.2) is 0 Å². The van der Waals surface area contributed by atoms with Gasteiger partial charge in [-0.1, -0.05) is 12.1 Å². The number of aryl methyl sites for hydroxylation is 2. The molecule has 6 nitrogen and oxygen atoms in total. The summed E-state index contributed by atoms with van der Waals surface area (Å²) in [6, 6.07) is 5.59.